The van der Waals surface area contributed by atoms with Gasteiger partial charge in [0.1, 0.15) is 11.6 Å². The highest BCUT2D eigenvalue weighted by molar-refractivity contribution is 9.10. The van der Waals surface area contributed by atoms with Crippen LogP contribution < -0.4 is 10.1 Å². The van der Waals surface area contributed by atoms with E-state index in [0.29, 0.717) is 17.9 Å². The van der Waals surface area contributed by atoms with Crippen LogP contribution in [0.15, 0.2) is 52.4 Å². The van der Waals surface area contributed by atoms with E-state index in [1.54, 1.807) is 59.7 Å². The van der Waals surface area contributed by atoms with Gasteiger partial charge in [-0.1, -0.05) is 0 Å². The average molecular weight is 392 g/mol. The van der Waals surface area contributed by atoms with Crippen LogP contribution in [0.5, 0.6) is 5.75 Å². The Morgan fingerprint density at radius 3 is 2.78 bits per heavy atom. The number of carbonyl (C=O) groups excluding carboxylic acids is 1. The molecule has 0 fully saturated rings. The molecule has 0 aliphatic rings. The van der Waals surface area contributed by atoms with Crippen molar-refractivity contribution in [2.24, 2.45) is 0 Å². The molecule has 0 aliphatic heterocycles. The molecule has 0 unspecified atom stereocenters. The molecule has 2 heterocycles. The largest absolute Gasteiger partial charge is 0.497 e. The molecule has 5 nitrogen and oxygen atoms in total. The number of halogens is 1. The summed E-state index contributed by atoms with van der Waals surface area (Å²) >= 11 is 5.08. The summed E-state index contributed by atoms with van der Waals surface area (Å²) in [6.07, 6.45) is 1.67. The Labute approximate surface area is 146 Å². The lowest BCUT2D eigenvalue weighted by atomic mass is 10.2. The molecule has 0 aliphatic carbocycles. The SMILES string of the molecule is COc1ccc(C(=O)Nc2ccnn2Cc2cc(Br)cs2)cc1. The second kappa shape index (κ2) is 6.97. The van der Waals surface area contributed by atoms with Crippen LogP contribution in [-0.4, -0.2) is 22.8 Å². The predicted octanol–water partition coefficient (Wildman–Crippen LogP) is 4.02. The van der Waals surface area contributed by atoms with Crippen LogP contribution in [0.4, 0.5) is 5.82 Å². The van der Waals surface area contributed by atoms with Crippen molar-refractivity contribution in [3.63, 3.8) is 0 Å². The number of thiophene rings is 1. The summed E-state index contributed by atoms with van der Waals surface area (Å²) in [5.41, 5.74) is 0.567. The van der Waals surface area contributed by atoms with Gasteiger partial charge in [0.15, 0.2) is 0 Å². The van der Waals surface area contributed by atoms with E-state index in [1.807, 2.05) is 11.4 Å². The fraction of sp³-hybridized carbons (Fsp3) is 0.125. The maximum atomic E-state index is 12.3. The number of carbonyl (C=O) groups is 1. The van der Waals surface area contributed by atoms with E-state index >= 15 is 0 Å². The Kier molecular flexibility index (Phi) is 4.78. The van der Waals surface area contributed by atoms with Crippen LogP contribution >= 0.6 is 27.3 Å². The van der Waals surface area contributed by atoms with Crippen LogP contribution in [0.25, 0.3) is 0 Å². The van der Waals surface area contributed by atoms with Crippen molar-refractivity contribution < 1.29 is 9.53 Å². The number of nitrogens with one attached hydrogen (secondary N) is 1. The van der Waals surface area contributed by atoms with Crippen LogP contribution in [0.3, 0.4) is 0 Å². The second-order valence-corrected chi connectivity index (χ2v) is 6.70. The highest BCUT2D eigenvalue weighted by Crippen LogP contribution is 2.22. The standard InChI is InChI=1S/C16H14BrN3O2S/c1-22-13-4-2-11(3-5-13)16(21)19-15-6-7-18-20(15)9-14-8-12(17)10-23-14/h2-8,10H,9H2,1H3,(H,19,21). The van der Waals surface area contributed by atoms with E-state index in [1.165, 1.54) is 0 Å². The van der Waals surface area contributed by atoms with Crippen molar-refractivity contribution in [2.75, 3.05) is 12.4 Å². The molecule has 23 heavy (non-hydrogen) atoms. The smallest absolute Gasteiger partial charge is 0.256 e. The fourth-order valence-electron chi connectivity index (χ4n) is 2.08. The van der Waals surface area contributed by atoms with Gasteiger partial charge in [0.2, 0.25) is 0 Å². The van der Waals surface area contributed by atoms with Crippen LogP contribution in [0.2, 0.25) is 0 Å². The zero-order valence-corrected chi connectivity index (χ0v) is 14.7. The van der Waals surface area contributed by atoms with Gasteiger partial charge in [-0.2, -0.15) is 5.10 Å². The molecule has 0 atom stereocenters. The van der Waals surface area contributed by atoms with Gasteiger partial charge < -0.3 is 10.1 Å². The number of methoxy groups -OCH3 is 1. The number of ether oxygens (including phenoxy) is 1. The summed E-state index contributed by atoms with van der Waals surface area (Å²) in [7, 11) is 1.59. The number of benzene rings is 1. The van der Waals surface area contributed by atoms with Crippen LogP contribution in [-0.2, 0) is 6.54 Å². The molecule has 3 rings (SSSR count). The minimum absolute atomic E-state index is 0.179. The summed E-state index contributed by atoms with van der Waals surface area (Å²) in [6, 6.07) is 10.8. The van der Waals surface area contributed by atoms with Crippen molar-refractivity contribution >= 4 is 39.0 Å². The molecule has 0 saturated heterocycles. The highest BCUT2D eigenvalue weighted by atomic mass is 79.9. The first-order valence-electron chi connectivity index (χ1n) is 6.86. The van der Waals surface area contributed by atoms with Crippen molar-refractivity contribution in [1.29, 1.82) is 0 Å². The molecular formula is C16H14BrN3O2S. The van der Waals surface area contributed by atoms with Gasteiger partial charge in [-0.05, 0) is 46.3 Å². The molecule has 0 saturated carbocycles. The Morgan fingerprint density at radius 1 is 1.35 bits per heavy atom. The quantitative estimate of drug-likeness (QED) is 0.714. The van der Waals surface area contributed by atoms with E-state index in [0.717, 1.165) is 15.1 Å². The van der Waals surface area contributed by atoms with Crippen molar-refractivity contribution in [3.05, 3.63) is 62.9 Å². The summed E-state index contributed by atoms with van der Waals surface area (Å²) in [5.74, 6) is 1.20. The molecule has 1 aromatic carbocycles. The Balaban J connectivity index is 1.72. The Morgan fingerprint density at radius 2 is 2.13 bits per heavy atom. The topological polar surface area (TPSA) is 56.1 Å². The first-order valence-corrected chi connectivity index (χ1v) is 8.53. The fourth-order valence-corrected chi connectivity index (χ4v) is 3.51. The maximum absolute atomic E-state index is 12.3. The molecule has 118 valence electrons. The maximum Gasteiger partial charge on any atom is 0.256 e. The number of amides is 1. The molecule has 2 aromatic heterocycles. The average Bonchev–Trinajstić information content (AvgIpc) is 3.17. The number of hydrogen-bond acceptors (Lipinski definition) is 4. The van der Waals surface area contributed by atoms with E-state index < -0.39 is 0 Å². The lowest BCUT2D eigenvalue weighted by Crippen LogP contribution is -2.16. The monoisotopic (exact) mass is 391 g/mol. The van der Waals surface area contributed by atoms with Gasteiger partial charge in [0, 0.05) is 26.4 Å². The van der Waals surface area contributed by atoms with Crippen LogP contribution in [0, 0.1) is 0 Å². The summed E-state index contributed by atoms with van der Waals surface area (Å²) in [5, 5.41) is 9.18. The minimum atomic E-state index is -0.179. The third-order valence-electron chi connectivity index (χ3n) is 3.24. The third kappa shape index (κ3) is 3.80. The summed E-state index contributed by atoms with van der Waals surface area (Å²) < 4.78 is 7.91. The molecular weight excluding hydrogens is 378 g/mol. The predicted molar refractivity (Wildman–Crippen MR) is 94.3 cm³/mol. The molecule has 7 heteroatoms. The lowest BCUT2D eigenvalue weighted by molar-refractivity contribution is 0.102. The molecule has 1 N–H and O–H groups in total. The first-order chi connectivity index (χ1) is 11.2. The zero-order chi connectivity index (χ0) is 16.2. The normalized spacial score (nSPS) is 10.5. The number of hydrogen-bond donors (Lipinski definition) is 1. The summed E-state index contributed by atoms with van der Waals surface area (Å²) in [4.78, 5) is 13.5. The van der Waals surface area contributed by atoms with Gasteiger partial charge in [0.25, 0.3) is 5.91 Å². The van der Waals surface area contributed by atoms with E-state index in [4.69, 9.17) is 4.74 Å². The summed E-state index contributed by atoms with van der Waals surface area (Å²) in [6.45, 7) is 0.613. The highest BCUT2D eigenvalue weighted by Gasteiger charge is 2.10. The Bertz CT molecular complexity index is 811. The molecule has 1 amide bonds. The molecule has 0 radical (unpaired) electrons. The molecule has 3 aromatic rings. The number of nitrogens with zero attached hydrogens (tertiary/aromatic N) is 2. The van der Waals surface area contributed by atoms with Gasteiger partial charge in [-0.15, -0.1) is 11.3 Å². The molecule has 0 bridgehead atoms. The number of rotatable bonds is 5. The Hall–Kier alpha value is -2.12. The van der Waals surface area contributed by atoms with E-state index in [9.17, 15) is 4.79 Å². The van der Waals surface area contributed by atoms with Crippen molar-refractivity contribution in [3.8, 4) is 5.75 Å². The van der Waals surface area contributed by atoms with Crippen LogP contribution in [0.1, 0.15) is 15.2 Å². The van der Waals surface area contributed by atoms with Gasteiger partial charge >= 0.3 is 0 Å². The van der Waals surface area contributed by atoms with Crippen molar-refractivity contribution in [2.45, 2.75) is 6.54 Å². The third-order valence-corrected chi connectivity index (χ3v) is 4.92. The van der Waals surface area contributed by atoms with Gasteiger partial charge in [-0.3, -0.25) is 4.79 Å². The van der Waals surface area contributed by atoms with E-state index in [2.05, 4.69) is 26.3 Å². The lowest BCUT2D eigenvalue weighted by Gasteiger charge is -2.08. The second-order valence-electron chi connectivity index (χ2n) is 4.79. The van der Waals surface area contributed by atoms with Gasteiger partial charge in [-0.25, -0.2) is 4.68 Å². The van der Waals surface area contributed by atoms with Crippen molar-refractivity contribution in [1.82, 2.24) is 9.78 Å². The molecule has 0 spiro atoms. The first kappa shape index (κ1) is 15.8. The van der Waals surface area contributed by atoms with E-state index in [-0.39, 0.29) is 5.91 Å². The number of aromatic nitrogens is 2. The minimum Gasteiger partial charge on any atom is -0.497 e. The number of anilines is 1. The zero-order valence-electron chi connectivity index (χ0n) is 12.3. The van der Waals surface area contributed by atoms with Gasteiger partial charge in [0.05, 0.1) is 19.9 Å².